The van der Waals surface area contributed by atoms with Crippen molar-refractivity contribution >= 4 is 0 Å². The molecule has 2 aliphatic carbocycles. The second-order valence-corrected chi connectivity index (χ2v) is 7.76. The van der Waals surface area contributed by atoms with Crippen LogP contribution in [-0.2, 0) is 0 Å². The molecule has 118 valence electrons. The van der Waals surface area contributed by atoms with E-state index in [4.69, 9.17) is 0 Å². The predicted octanol–water partition coefficient (Wildman–Crippen LogP) is 3.77. The van der Waals surface area contributed by atoms with Gasteiger partial charge in [0.05, 0.1) is 0 Å². The summed E-state index contributed by atoms with van der Waals surface area (Å²) in [4.78, 5) is 2.65. The molecule has 2 saturated carbocycles. The third-order valence-corrected chi connectivity index (χ3v) is 5.95. The Morgan fingerprint density at radius 3 is 2.25 bits per heavy atom. The van der Waals surface area contributed by atoms with E-state index in [1.54, 1.807) is 0 Å². The summed E-state index contributed by atoms with van der Waals surface area (Å²) >= 11 is 0. The first-order chi connectivity index (χ1) is 9.52. The van der Waals surface area contributed by atoms with Crippen molar-refractivity contribution in [3.05, 3.63) is 0 Å². The quantitative estimate of drug-likeness (QED) is 0.764. The van der Waals surface area contributed by atoms with Gasteiger partial charge in [0.15, 0.2) is 0 Å². The number of rotatable bonds is 7. The van der Waals surface area contributed by atoms with Gasteiger partial charge in [0.2, 0.25) is 0 Å². The molecule has 0 aromatic heterocycles. The van der Waals surface area contributed by atoms with Crippen LogP contribution in [0.25, 0.3) is 0 Å². The summed E-state index contributed by atoms with van der Waals surface area (Å²) in [5.41, 5.74) is 0. The van der Waals surface area contributed by atoms with E-state index in [0.29, 0.717) is 0 Å². The maximum Gasteiger partial charge on any atom is 0.0108 e. The van der Waals surface area contributed by atoms with Crippen molar-refractivity contribution in [3.8, 4) is 0 Å². The van der Waals surface area contributed by atoms with Gasteiger partial charge in [-0.25, -0.2) is 0 Å². The maximum absolute atomic E-state index is 3.76. The minimum Gasteiger partial charge on any atom is -0.314 e. The van der Waals surface area contributed by atoms with Gasteiger partial charge in [-0.05, 0) is 76.3 Å². The van der Waals surface area contributed by atoms with Gasteiger partial charge in [0.1, 0.15) is 0 Å². The topological polar surface area (TPSA) is 15.3 Å². The van der Waals surface area contributed by atoms with Crippen LogP contribution in [0.2, 0.25) is 0 Å². The zero-order chi connectivity index (χ0) is 14.7. The number of hydrogen-bond donors (Lipinski definition) is 1. The highest BCUT2D eigenvalue weighted by Gasteiger charge is 2.35. The zero-order valence-corrected chi connectivity index (χ0v) is 14.4. The maximum atomic E-state index is 3.76. The van der Waals surface area contributed by atoms with Gasteiger partial charge in [0.25, 0.3) is 0 Å². The predicted molar refractivity (Wildman–Crippen MR) is 87.9 cm³/mol. The number of nitrogens with one attached hydrogen (secondary N) is 1. The Kier molecular flexibility index (Phi) is 5.92. The first-order valence-corrected chi connectivity index (χ1v) is 8.96. The van der Waals surface area contributed by atoms with Crippen LogP contribution in [-0.4, -0.2) is 37.1 Å². The molecule has 1 N–H and O–H groups in total. The average Bonchev–Trinajstić information content (AvgIpc) is 3.24. The molecule has 0 spiro atoms. The smallest absolute Gasteiger partial charge is 0.0108 e. The molecule has 0 aromatic rings. The number of hydrogen-bond acceptors (Lipinski definition) is 2. The van der Waals surface area contributed by atoms with E-state index in [2.05, 4.69) is 45.0 Å². The van der Waals surface area contributed by atoms with Crippen LogP contribution >= 0.6 is 0 Å². The first-order valence-electron chi connectivity index (χ1n) is 8.96. The molecule has 4 unspecified atom stereocenters. The minimum atomic E-state index is 0.754. The Labute approximate surface area is 126 Å². The Balaban J connectivity index is 1.91. The monoisotopic (exact) mass is 280 g/mol. The Morgan fingerprint density at radius 2 is 1.70 bits per heavy atom. The summed E-state index contributed by atoms with van der Waals surface area (Å²) in [7, 11) is 2.35. The van der Waals surface area contributed by atoms with Crippen molar-refractivity contribution in [3.63, 3.8) is 0 Å². The van der Waals surface area contributed by atoms with Crippen LogP contribution in [0.3, 0.4) is 0 Å². The second kappa shape index (κ2) is 7.26. The van der Waals surface area contributed by atoms with Crippen LogP contribution in [0.15, 0.2) is 0 Å². The summed E-state index contributed by atoms with van der Waals surface area (Å²) in [5, 5.41) is 3.76. The molecule has 20 heavy (non-hydrogen) atoms. The third kappa shape index (κ3) is 4.21. The summed E-state index contributed by atoms with van der Waals surface area (Å²) in [5.74, 6) is 3.63. The van der Waals surface area contributed by atoms with E-state index in [0.717, 1.165) is 42.3 Å². The van der Waals surface area contributed by atoms with Crippen molar-refractivity contribution in [1.29, 1.82) is 0 Å². The lowest BCUT2D eigenvalue weighted by atomic mass is 9.73. The zero-order valence-electron chi connectivity index (χ0n) is 14.4. The van der Waals surface area contributed by atoms with Crippen LogP contribution < -0.4 is 5.32 Å². The van der Waals surface area contributed by atoms with E-state index in [9.17, 15) is 0 Å². The van der Waals surface area contributed by atoms with Crippen molar-refractivity contribution in [1.82, 2.24) is 10.2 Å². The fourth-order valence-electron chi connectivity index (χ4n) is 4.11. The molecule has 4 atom stereocenters. The standard InChI is InChI=1S/C18H36N2/c1-6-19-18-10-9-16(13(2)3)11-17(18)12-20(5)14(4)15-7-8-15/h13-19H,6-12H2,1-5H3. The normalized spacial score (nSPS) is 32.9. The lowest BCUT2D eigenvalue weighted by Gasteiger charge is -2.41. The molecule has 2 rings (SSSR count). The fourth-order valence-corrected chi connectivity index (χ4v) is 4.11. The molecule has 2 aliphatic rings. The summed E-state index contributed by atoms with van der Waals surface area (Å²) in [6, 6.07) is 1.54. The van der Waals surface area contributed by atoms with Gasteiger partial charge < -0.3 is 10.2 Å². The summed E-state index contributed by atoms with van der Waals surface area (Å²) < 4.78 is 0. The lowest BCUT2D eigenvalue weighted by molar-refractivity contribution is 0.112. The molecule has 0 aromatic carbocycles. The molecule has 0 heterocycles. The molecular weight excluding hydrogens is 244 g/mol. The Morgan fingerprint density at radius 1 is 1.05 bits per heavy atom. The lowest BCUT2D eigenvalue weighted by Crippen LogP contribution is -2.47. The molecule has 0 amide bonds. The molecule has 2 heteroatoms. The van der Waals surface area contributed by atoms with Crippen LogP contribution in [0.5, 0.6) is 0 Å². The minimum absolute atomic E-state index is 0.754. The highest BCUT2D eigenvalue weighted by atomic mass is 15.1. The summed E-state index contributed by atoms with van der Waals surface area (Å²) in [6.07, 6.45) is 7.15. The van der Waals surface area contributed by atoms with Crippen molar-refractivity contribution in [2.45, 2.75) is 71.9 Å². The van der Waals surface area contributed by atoms with E-state index >= 15 is 0 Å². The van der Waals surface area contributed by atoms with Crippen molar-refractivity contribution in [2.75, 3.05) is 20.1 Å². The van der Waals surface area contributed by atoms with Gasteiger partial charge in [-0.2, -0.15) is 0 Å². The highest BCUT2D eigenvalue weighted by molar-refractivity contribution is 4.90. The van der Waals surface area contributed by atoms with Gasteiger partial charge in [-0.3, -0.25) is 0 Å². The second-order valence-electron chi connectivity index (χ2n) is 7.76. The van der Waals surface area contributed by atoms with E-state index < -0.39 is 0 Å². The SMILES string of the molecule is CCNC1CCC(C(C)C)CC1CN(C)C(C)C1CC1. The Hall–Kier alpha value is -0.0800. The molecule has 0 aliphatic heterocycles. The third-order valence-electron chi connectivity index (χ3n) is 5.95. The van der Waals surface area contributed by atoms with Crippen molar-refractivity contribution < 1.29 is 0 Å². The van der Waals surface area contributed by atoms with Crippen LogP contribution in [0, 0.1) is 23.7 Å². The van der Waals surface area contributed by atoms with Crippen LogP contribution in [0.4, 0.5) is 0 Å². The molecular formula is C18H36N2. The summed E-state index contributed by atoms with van der Waals surface area (Å²) in [6.45, 7) is 11.9. The largest absolute Gasteiger partial charge is 0.314 e. The molecule has 2 nitrogen and oxygen atoms in total. The molecule has 2 fully saturated rings. The van der Waals surface area contributed by atoms with Gasteiger partial charge in [-0.15, -0.1) is 0 Å². The van der Waals surface area contributed by atoms with Gasteiger partial charge in [-0.1, -0.05) is 20.8 Å². The molecule has 0 bridgehead atoms. The van der Waals surface area contributed by atoms with Gasteiger partial charge in [0, 0.05) is 18.6 Å². The molecule has 0 saturated heterocycles. The Bertz CT molecular complexity index is 285. The van der Waals surface area contributed by atoms with Gasteiger partial charge >= 0.3 is 0 Å². The fraction of sp³-hybridized carbons (Fsp3) is 1.00. The van der Waals surface area contributed by atoms with E-state index in [1.165, 1.54) is 38.6 Å². The first kappa shape index (κ1) is 16.3. The highest BCUT2D eigenvalue weighted by Crippen LogP contribution is 2.37. The van der Waals surface area contributed by atoms with E-state index in [-0.39, 0.29) is 0 Å². The number of nitrogens with zero attached hydrogens (tertiary/aromatic N) is 1. The van der Waals surface area contributed by atoms with Crippen LogP contribution in [0.1, 0.15) is 59.8 Å². The average molecular weight is 281 g/mol. The van der Waals surface area contributed by atoms with E-state index in [1.807, 2.05) is 0 Å². The molecule has 0 radical (unpaired) electrons. The van der Waals surface area contributed by atoms with Crippen molar-refractivity contribution in [2.24, 2.45) is 23.7 Å².